The molecule has 0 fully saturated rings. The average molecular weight is 308 g/mol. The summed E-state index contributed by atoms with van der Waals surface area (Å²) in [5, 5.41) is 10.9. The summed E-state index contributed by atoms with van der Waals surface area (Å²) in [6.45, 7) is 0. The molecule has 88 valence electrons. The van der Waals surface area contributed by atoms with E-state index in [9.17, 15) is 5.11 Å². The number of hydrogen-bond acceptors (Lipinski definition) is 1. The van der Waals surface area contributed by atoms with Crippen LogP contribution in [0.2, 0.25) is 20.1 Å². The van der Waals surface area contributed by atoms with Crippen molar-refractivity contribution < 1.29 is 5.11 Å². The smallest absolute Gasteiger partial charge is 0.152 e. The third kappa shape index (κ3) is 2.80. The molecular formula is C12H6Cl4O. The van der Waals surface area contributed by atoms with Crippen molar-refractivity contribution in [3.8, 4) is 16.9 Å². The largest absolute Gasteiger partial charge is 0.505 e. The zero-order chi connectivity index (χ0) is 12.6. The minimum absolute atomic E-state index is 0.134. The maximum atomic E-state index is 9.47. The minimum atomic E-state index is -0.134. The molecule has 0 aliphatic heterocycles. The normalized spacial score (nSPS) is 10.6. The van der Waals surface area contributed by atoms with Crippen LogP contribution in [0.4, 0.5) is 0 Å². The third-order valence-electron chi connectivity index (χ3n) is 2.21. The van der Waals surface area contributed by atoms with E-state index in [2.05, 4.69) is 0 Å². The van der Waals surface area contributed by atoms with Crippen LogP contribution < -0.4 is 0 Å². The lowest BCUT2D eigenvalue weighted by molar-refractivity contribution is 0.476. The zero-order valence-corrected chi connectivity index (χ0v) is 11.4. The zero-order valence-electron chi connectivity index (χ0n) is 8.35. The van der Waals surface area contributed by atoms with Gasteiger partial charge in [0.1, 0.15) is 0 Å². The second-order valence-corrected chi connectivity index (χ2v) is 5.13. The number of halogens is 4. The highest BCUT2D eigenvalue weighted by Gasteiger charge is 2.09. The summed E-state index contributed by atoms with van der Waals surface area (Å²) in [4.78, 5) is 0. The molecule has 0 atom stereocenters. The van der Waals surface area contributed by atoms with Gasteiger partial charge in [0.05, 0.1) is 10.0 Å². The van der Waals surface area contributed by atoms with Crippen LogP contribution in [0.5, 0.6) is 5.75 Å². The van der Waals surface area contributed by atoms with Crippen LogP contribution in [0.25, 0.3) is 11.1 Å². The highest BCUT2D eigenvalue weighted by molar-refractivity contribution is 6.38. The Hall–Kier alpha value is -0.600. The van der Waals surface area contributed by atoms with Gasteiger partial charge in [-0.15, -0.1) is 0 Å². The van der Waals surface area contributed by atoms with E-state index in [-0.39, 0.29) is 15.8 Å². The molecule has 0 saturated heterocycles. The first-order chi connectivity index (χ1) is 7.97. The van der Waals surface area contributed by atoms with Crippen LogP contribution in [0.15, 0.2) is 30.3 Å². The molecule has 2 aromatic rings. The molecule has 0 unspecified atom stereocenters. The van der Waals surface area contributed by atoms with Crippen molar-refractivity contribution in [2.75, 3.05) is 0 Å². The van der Waals surface area contributed by atoms with Gasteiger partial charge in [-0.1, -0.05) is 46.4 Å². The summed E-state index contributed by atoms with van der Waals surface area (Å²) in [6.07, 6.45) is 0. The van der Waals surface area contributed by atoms with E-state index in [1.807, 2.05) is 0 Å². The molecule has 0 spiro atoms. The molecule has 5 heteroatoms. The van der Waals surface area contributed by atoms with Crippen molar-refractivity contribution in [1.29, 1.82) is 0 Å². The molecule has 0 radical (unpaired) electrons. The van der Waals surface area contributed by atoms with Crippen molar-refractivity contribution in [2.45, 2.75) is 0 Å². The average Bonchev–Trinajstić information content (AvgIpc) is 2.23. The Labute approximate surface area is 118 Å². The summed E-state index contributed by atoms with van der Waals surface area (Å²) in [6, 6.07) is 8.32. The van der Waals surface area contributed by atoms with E-state index < -0.39 is 0 Å². The van der Waals surface area contributed by atoms with Gasteiger partial charge in [-0.25, -0.2) is 0 Å². The van der Waals surface area contributed by atoms with Gasteiger partial charge in [-0.2, -0.15) is 0 Å². The summed E-state index contributed by atoms with van der Waals surface area (Å²) in [5.41, 5.74) is 1.52. The van der Waals surface area contributed by atoms with Gasteiger partial charge in [0.2, 0.25) is 0 Å². The lowest BCUT2D eigenvalue weighted by Crippen LogP contribution is -1.81. The van der Waals surface area contributed by atoms with Gasteiger partial charge in [0, 0.05) is 10.0 Å². The van der Waals surface area contributed by atoms with Gasteiger partial charge in [-0.05, 0) is 41.5 Å². The second kappa shape index (κ2) is 4.95. The molecule has 2 rings (SSSR count). The molecule has 2 aromatic carbocycles. The fraction of sp³-hybridized carbons (Fsp3) is 0. The van der Waals surface area contributed by atoms with E-state index in [1.54, 1.807) is 30.3 Å². The molecule has 17 heavy (non-hydrogen) atoms. The van der Waals surface area contributed by atoms with E-state index in [1.165, 1.54) is 0 Å². The lowest BCUT2D eigenvalue weighted by atomic mass is 10.1. The predicted molar refractivity (Wildman–Crippen MR) is 73.6 cm³/mol. The van der Waals surface area contributed by atoms with Crippen LogP contribution >= 0.6 is 46.4 Å². The maximum absolute atomic E-state index is 9.47. The van der Waals surface area contributed by atoms with E-state index in [4.69, 9.17) is 46.4 Å². The van der Waals surface area contributed by atoms with Crippen LogP contribution in [0, 0.1) is 0 Å². The SMILES string of the molecule is Oc1c(Cl)cc(-c2cc(Cl)cc(Cl)c2)cc1Cl. The first kappa shape index (κ1) is 12.8. The first-order valence-electron chi connectivity index (χ1n) is 4.62. The number of rotatable bonds is 1. The number of hydrogen-bond donors (Lipinski definition) is 1. The Kier molecular flexibility index (Phi) is 3.74. The molecule has 0 aliphatic rings. The number of benzene rings is 2. The van der Waals surface area contributed by atoms with Crippen molar-refractivity contribution in [3.63, 3.8) is 0 Å². The molecule has 0 aliphatic carbocycles. The third-order valence-corrected chi connectivity index (χ3v) is 3.23. The Bertz CT molecular complexity index is 537. The number of phenols is 1. The number of aromatic hydroxyl groups is 1. The number of phenolic OH excluding ortho intramolecular Hbond substituents is 1. The summed E-state index contributed by atoms with van der Waals surface area (Å²) in [5.74, 6) is -0.134. The molecule has 0 bridgehead atoms. The van der Waals surface area contributed by atoms with Crippen molar-refractivity contribution in [2.24, 2.45) is 0 Å². The highest BCUT2D eigenvalue weighted by Crippen LogP contribution is 2.37. The van der Waals surface area contributed by atoms with Crippen LogP contribution in [-0.4, -0.2) is 5.11 Å². The van der Waals surface area contributed by atoms with Crippen molar-refractivity contribution in [3.05, 3.63) is 50.4 Å². The van der Waals surface area contributed by atoms with E-state index in [0.717, 1.165) is 11.1 Å². The van der Waals surface area contributed by atoms with Gasteiger partial charge < -0.3 is 5.11 Å². The quantitative estimate of drug-likeness (QED) is 0.719. The second-order valence-electron chi connectivity index (χ2n) is 3.45. The molecule has 0 saturated carbocycles. The Morgan fingerprint density at radius 2 is 1.06 bits per heavy atom. The van der Waals surface area contributed by atoms with E-state index in [0.29, 0.717) is 10.0 Å². The van der Waals surface area contributed by atoms with Gasteiger partial charge in [0.25, 0.3) is 0 Å². The van der Waals surface area contributed by atoms with Crippen molar-refractivity contribution >= 4 is 46.4 Å². The van der Waals surface area contributed by atoms with Crippen molar-refractivity contribution in [1.82, 2.24) is 0 Å². The highest BCUT2D eigenvalue weighted by atomic mass is 35.5. The fourth-order valence-electron chi connectivity index (χ4n) is 1.45. The van der Waals surface area contributed by atoms with Crippen LogP contribution in [0.1, 0.15) is 0 Å². The molecule has 0 aromatic heterocycles. The summed E-state index contributed by atoms with van der Waals surface area (Å²) < 4.78 is 0. The molecular weight excluding hydrogens is 302 g/mol. The topological polar surface area (TPSA) is 20.2 Å². The lowest BCUT2D eigenvalue weighted by Gasteiger charge is -2.07. The van der Waals surface area contributed by atoms with Gasteiger partial charge in [0.15, 0.2) is 5.75 Å². The molecule has 1 N–H and O–H groups in total. The molecule has 1 nitrogen and oxygen atoms in total. The van der Waals surface area contributed by atoms with Gasteiger partial charge >= 0.3 is 0 Å². The summed E-state index contributed by atoms with van der Waals surface area (Å²) >= 11 is 23.5. The Morgan fingerprint density at radius 3 is 1.53 bits per heavy atom. The minimum Gasteiger partial charge on any atom is -0.505 e. The Morgan fingerprint density at radius 1 is 0.647 bits per heavy atom. The van der Waals surface area contributed by atoms with Gasteiger partial charge in [-0.3, -0.25) is 0 Å². The predicted octanol–water partition coefficient (Wildman–Crippen LogP) is 5.67. The fourth-order valence-corrected chi connectivity index (χ4v) is 2.47. The van der Waals surface area contributed by atoms with Crippen LogP contribution in [0.3, 0.4) is 0 Å². The first-order valence-corrected chi connectivity index (χ1v) is 6.13. The summed E-state index contributed by atoms with van der Waals surface area (Å²) in [7, 11) is 0. The molecule has 0 amide bonds. The van der Waals surface area contributed by atoms with E-state index >= 15 is 0 Å². The monoisotopic (exact) mass is 306 g/mol. The van der Waals surface area contributed by atoms with Crippen LogP contribution in [-0.2, 0) is 0 Å². The Balaban J connectivity index is 2.60. The maximum Gasteiger partial charge on any atom is 0.152 e. The standard InChI is InChI=1S/C12H6Cl4O/c13-8-1-6(2-9(14)5-8)7-3-10(15)12(17)11(16)4-7/h1-5,17H. The molecule has 0 heterocycles.